The van der Waals surface area contributed by atoms with Gasteiger partial charge in [0.25, 0.3) is 0 Å². The molecule has 0 aromatic carbocycles. The minimum absolute atomic E-state index is 0.0425. The molecule has 8 nitrogen and oxygen atoms in total. The smallest absolute Gasteiger partial charge is 0.409 e. The zero-order valence-corrected chi connectivity index (χ0v) is 14.9. The van der Waals surface area contributed by atoms with E-state index in [4.69, 9.17) is 9.84 Å². The summed E-state index contributed by atoms with van der Waals surface area (Å²) in [5.74, 6) is -0.655. The second-order valence-corrected chi connectivity index (χ2v) is 6.72. The molecule has 2 N–H and O–H groups in total. The van der Waals surface area contributed by atoms with Crippen molar-refractivity contribution >= 4 is 18.1 Å². The SMILES string of the molecule is CCOC(=O)N1CCN(C(=O)NC(CC(=O)O)C2CCCCC2)CC1. The van der Waals surface area contributed by atoms with Gasteiger partial charge in [0.05, 0.1) is 13.0 Å². The summed E-state index contributed by atoms with van der Waals surface area (Å²) < 4.78 is 4.97. The molecule has 2 aliphatic rings. The lowest BCUT2D eigenvalue weighted by molar-refractivity contribution is -0.137. The number of hydrogen-bond donors (Lipinski definition) is 2. The summed E-state index contributed by atoms with van der Waals surface area (Å²) in [6.07, 6.45) is 4.90. The van der Waals surface area contributed by atoms with E-state index >= 15 is 0 Å². The molecule has 0 spiro atoms. The van der Waals surface area contributed by atoms with E-state index in [9.17, 15) is 14.4 Å². The third-order valence-electron chi connectivity index (χ3n) is 5.02. The Hall–Kier alpha value is -1.99. The highest BCUT2D eigenvalue weighted by Gasteiger charge is 2.30. The van der Waals surface area contributed by atoms with Crippen molar-refractivity contribution in [3.63, 3.8) is 0 Å². The highest BCUT2D eigenvalue weighted by molar-refractivity contribution is 5.76. The van der Waals surface area contributed by atoms with Crippen LogP contribution in [0.25, 0.3) is 0 Å². The highest BCUT2D eigenvalue weighted by atomic mass is 16.6. The fourth-order valence-corrected chi connectivity index (χ4v) is 3.62. The Labute approximate surface area is 148 Å². The van der Waals surface area contributed by atoms with Gasteiger partial charge in [-0.1, -0.05) is 19.3 Å². The van der Waals surface area contributed by atoms with Crippen molar-refractivity contribution in [1.29, 1.82) is 0 Å². The predicted octanol–water partition coefficient (Wildman–Crippen LogP) is 1.89. The molecule has 25 heavy (non-hydrogen) atoms. The molecule has 0 radical (unpaired) electrons. The van der Waals surface area contributed by atoms with Crippen molar-refractivity contribution in [3.8, 4) is 0 Å². The number of aliphatic carboxylic acids is 1. The predicted molar refractivity (Wildman–Crippen MR) is 91.3 cm³/mol. The fraction of sp³-hybridized carbons (Fsp3) is 0.824. The number of rotatable bonds is 5. The zero-order chi connectivity index (χ0) is 18.2. The van der Waals surface area contributed by atoms with Crippen molar-refractivity contribution < 1.29 is 24.2 Å². The van der Waals surface area contributed by atoms with Gasteiger partial charge in [0.1, 0.15) is 0 Å². The van der Waals surface area contributed by atoms with Gasteiger partial charge >= 0.3 is 18.1 Å². The Morgan fingerprint density at radius 2 is 1.68 bits per heavy atom. The van der Waals surface area contributed by atoms with E-state index in [1.807, 2.05) is 0 Å². The molecule has 0 aromatic heterocycles. The summed E-state index contributed by atoms with van der Waals surface area (Å²) in [7, 11) is 0. The van der Waals surface area contributed by atoms with Gasteiger partial charge in [-0.3, -0.25) is 4.79 Å². The van der Waals surface area contributed by atoms with Crippen molar-refractivity contribution in [2.24, 2.45) is 5.92 Å². The first kappa shape index (κ1) is 19.3. The van der Waals surface area contributed by atoms with Crippen LogP contribution in [0.2, 0.25) is 0 Å². The Morgan fingerprint density at radius 1 is 1.08 bits per heavy atom. The number of carboxylic acid groups (broad SMARTS) is 1. The number of piperazine rings is 1. The Bertz CT molecular complexity index is 471. The lowest BCUT2D eigenvalue weighted by Gasteiger charge is -2.36. The molecule has 1 aliphatic heterocycles. The maximum atomic E-state index is 12.5. The maximum absolute atomic E-state index is 12.5. The first-order valence-corrected chi connectivity index (χ1v) is 9.20. The van der Waals surface area contributed by atoms with Crippen LogP contribution in [0.5, 0.6) is 0 Å². The number of carboxylic acids is 1. The van der Waals surface area contributed by atoms with Crippen LogP contribution in [0.15, 0.2) is 0 Å². The second kappa shape index (κ2) is 9.48. The topological polar surface area (TPSA) is 99.2 Å². The average Bonchev–Trinajstić information content (AvgIpc) is 2.62. The van der Waals surface area contributed by atoms with Crippen LogP contribution in [0.3, 0.4) is 0 Å². The standard InChI is InChI=1S/C17H29N3O5/c1-2-25-17(24)20-10-8-19(9-11-20)16(23)18-14(12-15(21)22)13-6-4-3-5-7-13/h13-14H,2-12H2,1H3,(H,18,23)(H,21,22). The van der Waals surface area contributed by atoms with Crippen LogP contribution >= 0.6 is 0 Å². The molecule has 2 fully saturated rings. The normalized spacial score (nSPS) is 20.0. The molecule has 1 aliphatic carbocycles. The molecule has 1 saturated heterocycles. The molecule has 142 valence electrons. The maximum Gasteiger partial charge on any atom is 0.409 e. The highest BCUT2D eigenvalue weighted by Crippen LogP contribution is 2.28. The minimum Gasteiger partial charge on any atom is -0.481 e. The molecular weight excluding hydrogens is 326 g/mol. The van der Waals surface area contributed by atoms with Crippen LogP contribution in [0.4, 0.5) is 9.59 Å². The molecule has 0 aromatic rings. The number of carbonyl (C=O) groups is 3. The van der Waals surface area contributed by atoms with Crippen molar-refractivity contribution in [3.05, 3.63) is 0 Å². The van der Waals surface area contributed by atoms with Crippen LogP contribution in [-0.2, 0) is 9.53 Å². The van der Waals surface area contributed by atoms with Crippen LogP contribution in [0.1, 0.15) is 45.4 Å². The summed E-state index contributed by atoms with van der Waals surface area (Å²) in [5, 5.41) is 12.1. The van der Waals surface area contributed by atoms with Crippen molar-refractivity contribution in [1.82, 2.24) is 15.1 Å². The summed E-state index contributed by atoms with van der Waals surface area (Å²) in [4.78, 5) is 38.6. The fourth-order valence-electron chi connectivity index (χ4n) is 3.62. The number of hydrogen-bond acceptors (Lipinski definition) is 4. The second-order valence-electron chi connectivity index (χ2n) is 6.72. The van der Waals surface area contributed by atoms with Crippen molar-refractivity contribution in [2.45, 2.75) is 51.5 Å². The number of urea groups is 1. The van der Waals surface area contributed by atoms with Gasteiger partial charge < -0.3 is 25.0 Å². The van der Waals surface area contributed by atoms with Gasteiger partial charge in [-0.2, -0.15) is 0 Å². The monoisotopic (exact) mass is 355 g/mol. The number of ether oxygens (including phenoxy) is 1. The van der Waals surface area contributed by atoms with Crippen LogP contribution < -0.4 is 5.32 Å². The number of nitrogens with zero attached hydrogens (tertiary/aromatic N) is 2. The number of amides is 3. The quantitative estimate of drug-likeness (QED) is 0.785. The van der Waals surface area contributed by atoms with E-state index in [0.717, 1.165) is 25.7 Å². The number of nitrogens with one attached hydrogen (secondary N) is 1. The first-order valence-electron chi connectivity index (χ1n) is 9.20. The van der Waals surface area contributed by atoms with Crippen LogP contribution in [0, 0.1) is 5.92 Å². The molecule has 2 rings (SSSR count). The van der Waals surface area contributed by atoms with Gasteiger partial charge in [0, 0.05) is 32.2 Å². The molecule has 1 saturated carbocycles. The summed E-state index contributed by atoms with van der Waals surface area (Å²) >= 11 is 0. The van der Waals surface area contributed by atoms with E-state index in [-0.39, 0.29) is 30.5 Å². The Balaban J connectivity index is 1.86. The largest absolute Gasteiger partial charge is 0.481 e. The summed E-state index contributed by atoms with van der Waals surface area (Å²) in [6.45, 7) is 3.80. The van der Waals surface area contributed by atoms with Gasteiger partial charge in [0.15, 0.2) is 0 Å². The molecule has 1 atom stereocenters. The van der Waals surface area contributed by atoms with Gasteiger partial charge in [0.2, 0.25) is 0 Å². The van der Waals surface area contributed by atoms with E-state index < -0.39 is 5.97 Å². The Morgan fingerprint density at radius 3 is 2.24 bits per heavy atom. The third-order valence-corrected chi connectivity index (χ3v) is 5.02. The minimum atomic E-state index is -0.886. The Kier molecular flexibility index (Phi) is 7.33. The van der Waals surface area contributed by atoms with Crippen molar-refractivity contribution in [2.75, 3.05) is 32.8 Å². The summed E-state index contributed by atoms with van der Waals surface area (Å²) in [5.41, 5.74) is 0. The molecule has 1 heterocycles. The average molecular weight is 355 g/mol. The molecule has 0 bridgehead atoms. The molecular formula is C17H29N3O5. The zero-order valence-electron chi connectivity index (χ0n) is 14.9. The first-order chi connectivity index (χ1) is 12.0. The molecule has 3 amide bonds. The molecule has 8 heteroatoms. The van der Waals surface area contributed by atoms with Crippen LogP contribution in [-0.4, -0.2) is 71.8 Å². The third kappa shape index (κ3) is 5.79. The number of carbonyl (C=O) groups excluding carboxylic acids is 2. The van der Waals surface area contributed by atoms with E-state index in [2.05, 4.69) is 5.32 Å². The lowest BCUT2D eigenvalue weighted by atomic mass is 9.82. The van der Waals surface area contributed by atoms with E-state index in [1.54, 1.807) is 16.7 Å². The van der Waals surface area contributed by atoms with E-state index in [1.165, 1.54) is 6.42 Å². The van der Waals surface area contributed by atoms with E-state index in [0.29, 0.717) is 32.8 Å². The molecule has 1 unspecified atom stereocenters. The lowest BCUT2D eigenvalue weighted by Crippen LogP contribution is -2.55. The van der Waals surface area contributed by atoms with Gasteiger partial charge in [-0.15, -0.1) is 0 Å². The summed E-state index contributed by atoms with van der Waals surface area (Å²) in [6, 6.07) is -0.561. The van der Waals surface area contributed by atoms with Gasteiger partial charge in [-0.25, -0.2) is 9.59 Å². The van der Waals surface area contributed by atoms with Gasteiger partial charge in [-0.05, 0) is 25.7 Å².